The number of rotatable bonds is 10. The lowest BCUT2D eigenvalue weighted by Crippen LogP contribution is -2.51. The molecule has 0 unspecified atom stereocenters. The highest BCUT2D eigenvalue weighted by Gasteiger charge is 2.29. The van der Waals surface area contributed by atoms with E-state index >= 15 is 0 Å². The summed E-state index contributed by atoms with van der Waals surface area (Å²) in [6, 6.07) is 10.7. The van der Waals surface area contributed by atoms with Crippen LogP contribution in [-0.4, -0.2) is 42.5 Å². The van der Waals surface area contributed by atoms with Crippen molar-refractivity contribution < 1.29 is 19.1 Å². The van der Waals surface area contributed by atoms with E-state index in [0.29, 0.717) is 18.7 Å². The number of hydrogen-bond acceptors (Lipinski definition) is 4. The lowest BCUT2D eigenvalue weighted by molar-refractivity contribution is -0.143. The molecule has 0 radical (unpaired) electrons. The number of carbonyl (C=O) groups excluding carboxylic acids is 2. The number of ether oxygens (including phenoxy) is 2. The predicted molar refractivity (Wildman–Crippen MR) is 130 cm³/mol. The zero-order valence-corrected chi connectivity index (χ0v) is 21.3. The van der Waals surface area contributed by atoms with Crippen molar-refractivity contribution in [3.63, 3.8) is 0 Å². The number of halogens is 1. The summed E-state index contributed by atoms with van der Waals surface area (Å²) < 4.78 is 12.1. The van der Waals surface area contributed by atoms with E-state index in [0.717, 1.165) is 26.9 Å². The lowest BCUT2D eigenvalue weighted by atomic mass is 10.1. The first-order valence-electron chi connectivity index (χ1n) is 10.8. The van der Waals surface area contributed by atoms with Crippen LogP contribution in [0.4, 0.5) is 0 Å². The summed E-state index contributed by atoms with van der Waals surface area (Å²) in [5, 5.41) is 2.93. The summed E-state index contributed by atoms with van der Waals surface area (Å²) in [6.07, 6.45) is 0.497. The smallest absolute Gasteiger partial charge is 0.261 e. The van der Waals surface area contributed by atoms with Crippen LogP contribution in [0.3, 0.4) is 0 Å². The number of methoxy groups -OCH3 is 1. The molecule has 32 heavy (non-hydrogen) atoms. The molecule has 0 heterocycles. The molecule has 0 aliphatic carbocycles. The number of carbonyl (C=O) groups is 2. The molecule has 0 bridgehead atoms. The standard InChI is InChI=1S/C25H33BrN2O4/c1-7-22(25(30)27-16(2)3)28(14-19-8-10-20(31-6)11-9-19)23(29)15-32-21-12-17(4)24(26)18(5)13-21/h8-13,16,22H,7,14-15H2,1-6H3,(H,27,30)/t22-/m1/s1. The Morgan fingerprint density at radius 1 is 1.06 bits per heavy atom. The van der Waals surface area contributed by atoms with E-state index in [2.05, 4.69) is 21.2 Å². The van der Waals surface area contributed by atoms with Gasteiger partial charge >= 0.3 is 0 Å². The molecule has 0 fully saturated rings. The van der Waals surface area contributed by atoms with Crippen molar-refractivity contribution in [1.82, 2.24) is 10.2 Å². The highest BCUT2D eigenvalue weighted by atomic mass is 79.9. The Bertz CT molecular complexity index is 905. The maximum atomic E-state index is 13.3. The van der Waals surface area contributed by atoms with E-state index in [9.17, 15) is 9.59 Å². The number of amides is 2. The van der Waals surface area contributed by atoms with Gasteiger partial charge < -0.3 is 19.7 Å². The molecule has 6 nitrogen and oxygen atoms in total. The maximum Gasteiger partial charge on any atom is 0.261 e. The van der Waals surface area contributed by atoms with E-state index in [4.69, 9.17) is 9.47 Å². The molecular weight excluding hydrogens is 472 g/mol. The minimum atomic E-state index is -0.594. The first kappa shape index (κ1) is 25.7. The van der Waals surface area contributed by atoms with Crippen molar-refractivity contribution >= 4 is 27.7 Å². The third kappa shape index (κ3) is 6.99. The Hall–Kier alpha value is -2.54. The Morgan fingerprint density at radius 2 is 1.66 bits per heavy atom. The van der Waals surface area contributed by atoms with Gasteiger partial charge in [-0.25, -0.2) is 0 Å². The van der Waals surface area contributed by atoms with Gasteiger partial charge in [0.1, 0.15) is 17.5 Å². The Labute approximate surface area is 199 Å². The summed E-state index contributed by atoms with van der Waals surface area (Å²) in [6.45, 7) is 9.82. The molecule has 1 atom stereocenters. The van der Waals surface area contributed by atoms with Crippen molar-refractivity contribution in [3.05, 3.63) is 57.6 Å². The molecule has 7 heteroatoms. The van der Waals surface area contributed by atoms with Gasteiger partial charge in [-0.05, 0) is 75.1 Å². The molecule has 2 rings (SSSR count). The highest BCUT2D eigenvalue weighted by Crippen LogP contribution is 2.26. The van der Waals surface area contributed by atoms with Gasteiger partial charge in [0.2, 0.25) is 5.91 Å². The maximum absolute atomic E-state index is 13.3. The summed E-state index contributed by atoms with van der Waals surface area (Å²) in [4.78, 5) is 27.7. The first-order valence-corrected chi connectivity index (χ1v) is 11.6. The number of nitrogens with zero attached hydrogens (tertiary/aromatic N) is 1. The zero-order valence-electron chi connectivity index (χ0n) is 19.7. The first-order chi connectivity index (χ1) is 15.2. The quantitative estimate of drug-likeness (QED) is 0.505. The summed E-state index contributed by atoms with van der Waals surface area (Å²) >= 11 is 3.54. The van der Waals surface area contributed by atoms with Crippen LogP contribution in [0.25, 0.3) is 0 Å². The van der Waals surface area contributed by atoms with Gasteiger partial charge in [-0.2, -0.15) is 0 Å². The van der Waals surface area contributed by atoms with Crippen LogP contribution in [0.15, 0.2) is 40.9 Å². The molecule has 2 aromatic carbocycles. The Morgan fingerprint density at radius 3 is 2.16 bits per heavy atom. The highest BCUT2D eigenvalue weighted by molar-refractivity contribution is 9.10. The predicted octanol–water partition coefficient (Wildman–Crippen LogP) is 4.79. The van der Waals surface area contributed by atoms with Crippen LogP contribution in [0.2, 0.25) is 0 Å². The van der Waals surface area contributed by atoms with Gasteiger partial charge in [0.05, 0.1) is 7.11 Å². The van der Waals surface area contributed by atoms with Crippen LogP contribution >= 0.6 is 15.9 Å². The largest absolute Gasteiger partial charge is 0.497 e. The fourth-order valence-electron chi connectivity index (χ4n) is 3.45. The molecular formula is C25H33BrN2O4. The van der Waals surface area contributed by atoms with Gasteiger partial charge in [0.25, 0.3) is 5.91 Å². The summed E-state index contributed by atoms with van der Waals surface area (Å²) in [5.74, 6) is 0.950. The third-order valence-electron chi connectivity index (χ3n) is 5.10. The SMILES string of the molecule is CC[C@H](C(=O)NC(C)C)N(Cc1ccc(OC)cc1)C(=O)COc1cc(C)c(Br)c(C)c1. The van der Waals surface area contributed by atoms with E-state index in [-0.39, 0.29) is 24.5 Å². The Kier molecular flexibility index (Phi) is 9.57. The number of benzene rings is 2. The van der Waals surface area contributed by atoms with Crippen LogP contribution in [0.5, 0.6) is 11.5 Å². The molecule has 2 aromatic rings. The van der Waals surface area contributed by atoms with Crippen molar-refractivity contribution in [2.45, 2.75) is 59.7 Å². The number of nitrogens with one attached hydrogen (secondary N) is 1. The molecule has 0 aliphatic rings. The fraction of sp³-hybridized carbons (Fsp3) is 0.440. The number of hydrogen-bond donors (Lipinski definition) is 1. The van der Waals surface area contributed by atoms with Crippen molar-refractivity contribution in [2.75, 3.05) is 13.7 Å². The van der Waals surface area contributed by atoms with E-state index in [1.807, 2.05) is 71.0 Å². The molecule has 0 aromatic heterocycles. The van der Waals surface area contributed by atoms with Crippen LogP contribution in [0.1, 0.15) is 43.9 Å². The third-order valence-corrected chi connectivity index (χ3v) is 6.35. The van der Waals surface area contributed by atoms with Crippen molar-refractivity contribution in [3.8, 4) is 11.5 Å². The second-order valence-corrected chi connectivity index (χ2v) is 8.91. The van der Waals surface area contributed by atoms with E-state index in [1.165, 1.54) is 0 Å². The molecule has 1 N–H and O–H groups in total. The molecule has 0 aliphatic heterocycles. The average molecular weight is 505 g/mol. The fourth-order valence-corrected chi connectivity index (χ4v) is 3.67. The Balaban J connectivity index is 2.24. The topological polar surface area (TPSA) is 67.9 Å². The number of aryl methyl sites for hydroxylation is 2. The molecule has 0 spiro atoms. The second-order valence-electron chi connectivity index (χ2n) is 8.12. The van der Waals surface area contributed by atoms with Gasteiger partial charge in [-0.1, -0.05) is 35.0 Å². The van der Waals surface area contributed by atoms with Crippen LogP contribution < -0.4 is 14.8 Å². The van der Waals surface area contributed by atoms with Crippen molar-refractivity contribution in [2.24, 2.45) is 0 Å². The summed E-state index contributed by atoms with van der Waals surface area (Å²) in [5.41, 5.74) is 2.97. The zero-order chi connectivity index (χ0) is 23.8. The molecule has 0 saturated carbocycles. The minimum Gasteiger partial charge on any atom is -0.497 e. The molecule has 0 saturated heterocycles. The average Bonchev–Trinajstić information content (AvgIpc) is 2.75. The van der Waals surface area contributed by atoms with Gasteiger partial charge in [0.15, 0.2) is 6.61 Å². The monoisotopic (exact) mass is 504 g/mol. The second kappa shape index (κ2) is 11.9. The normalized spacial score (nSPS) is 11.8. The minimum absolute atomic E-state index is 0.0144. The van der Waals surface area contributed by atoms with Crippen LogP contribution in [-0.2, 0) is 16.1 Å². The molecule has 2 amide bonds. The van der Waals surface area contributed by atoms with E-state index in [1.54, 1.807) is 12.0 Å². The lowest BCUT2D eigenvalue weighted by Gasteiger charge is -2.31. The van der Waals surface area contributed by atoms with Crippen molar-refractivity contribution in [1.29, 1.82) is 0 Å². The van der Waals surface area contributed by atoms with Crippen LogP contribution in [0, 0.1) is 13.8 Å². The van der Waals surface area contributed by atoms with E-state index < -0.39 is 6.04 Å². The summed E-state index contributed by atoms with van der Waals surface area (Å²) in [7, 11) is 1.61. The van der Waals surface area contributed by atoms with Gasteiger partial charge in [0, 0.05) is 17.1 Å². The van der Waals surface area contributed by atoms with Gasteiger partial charge in [-0.15, -0.1) is 0 Å². The van der Waals surface area contributed by atoms with Gasteiger partial charge in [-0.3, -0.25) is 9.59 Å². The molecule has 174 valence electrons.